The fourth-order valence-electron chi connectivity index (χ4n) is 2.82. The molecule has 2 fully saturated rings. The van der Waals surface area contributed by atoms with Crippen molar-refractivity contribution in [2.45, 2.75) is 44.6 Å². The second kappa shape index (κ2) is 6.36. The van der Waals surface area contributed by atoms with Gasteiger partial charge in [0, 0.05) is 6.61 Å². The first kappa shape index (κ1) is 12.8. The lowest BCUT2D eigenvalue weighted by Gasteiger charge is -2.30. The number of piperidine rings is 1. The highest BCUT2D eigenvalue weighted by Crippen LogP contribution is 2.20. The first-order valence-corrected chi connectivity index (χ1v) is 6.82. The molecule has 0 spiro atoms. The zero-order valence-corrected chi connectivity index (χ0v) is 10.4. The molecule has 1 atom stereocenters. The number of ether oxygens (including phenoxy) is 1. The largest absolute Gasteiger partial charge is 0.481 e. The average molecular weight is 241 g/mol. The molecule has 0 aromatic carbocycles. The molecule has 0 aromatic rings. The lowest BCUT2D eigenvalue weighted by Crippen LogP contribution is -2.37. The van der Waals surface area contributed by atoms with Crippen LogP contribution in [0, 0.1) is 5.92 Å². The molecule has 17 heavy (non-hydrogen) atoms. The SMILES string of the molecule is O=C(O)C1CCN(CCCC2CCCO2)CC1. The summed E-state index contributed by atoms with van der Waals surface area (Å²) in [5.41, 5.74) is 0. The Kier molecular flexibility index (Phi) is 4.80. The summed E-state index contributed by atoms with van der Waals surface area (Å²) in [6, 6.07) is 0. The predicted molar refractivity (Wildman–Crippen MR) is 65.0 cm³/mol. The van der Waals surface area contributed by atoms with Gasteiger partial charge in [-0.25, -0.2) is 0 Å². The first-order valence-electron chi connectivity index (χ1n) is 6.82. The highest BCUT2D eigenvalue weighted by molar-refractivity contribution is 5.70. The minimum absolute atomic E-state index is 0.107. The van der Waals surface area contributed by atoms with Crippen molar-refractivity contribution in [3.8, 4) is 0 Å². The van der Waals surface area contributed by atoms with Crippen molar-refractivity contribution >= 4 is 5.97 Å². The van der Waals surface area contributed by atoms with E-state index < -0.39 is 5.97 Å². The molecule has 0 bridgehead atoms. The number of aliphatic carboxylic acids is 1. The fourth-order valence-corrected chi connectivity index (χ4v) is 2.82. The van der Waals surface area contributed by atoms with Crippen LogP contribution in [0.15, 0.2) is 0 Å². The Hall–Kier alpha value is -0.610. The summed E-state index contributed by atoms with van der Waals surface area (Å²) in [6.45, 7) is 3.94. The summed E-state index contributed by atoms with van der Waals surface area (Å²) in [7, 11) is 0. The number of hydrogen-bond acceptors (Lipinski definition) is 3. The monoisotopic (exact) mass is 241 g/mol. The lowest BCUT2D eigenvalue weighted by atomic mass is 9.97. The summed E-state index contributed by atoms with van der Waals surface area (Å²) in [5, 5.41) is 8.91. The van der Waals surface area contributed by atoms with E-state index in [0.717, 1.165) is 39.1 Å². The summed E-state index contributed by atoms with van der Waals surface area (Å²) in [4.78, 5) is 13.2. The van der Waals surface area contributed by atoms with Crippen LogP contribution in [0.1, 0.15) is 38.5 Å². The van der Waals surface area contributed by atoms with Gasteiger partial charge < -0.3 is 14.7 Å². The van der Waals surface area contributed by atoms with Crippen LogP contribution < -0.4 is 0 Å². The molecule has 4 nitrogen and oxygen atoms in total. The van der Waals surface area contributed by atoms with Gasteiger partial charge >= 0.3 is 5.97 Å². The van der Waals surface area contributed by atoms with Crippen molar-refractivity contribution in [1.29, 1.82) is 0 Å². The number of hydrogen-bond donors (Lipinski definition) is 1. The van der Waals surface area contributed by atoms with E-state index in [1.54, 1.807) is 0 Å². The maximum absolute atomic E-state index is 10.8. The number of likely N-dealkylation sites (tertiary alicyclic amines) is 1. The van der Waals surface area contributed by atoms with Crippen LogP contribution in [0.4, 0.5) is 0 Å². The van der Waals surface area contributed by atoms with Gasteiger partial charge in [0.05, 0.1) is 12.0 Å². The van der Waals surface area contributed by atoms with Crippen LogP contribution in [0.25, 0.3) is 0 Å². The van der Waals surface area contributed by atoms with Gasteiger partial charge in [-0.1, -0.05) is 0 Å². The third-order valence-corrected chi connectivity index (χ3v) is 3.96. The van der Waals surface area contributed by atoms with Crippen molar-refractivity contribution in [3.63, 3.8) is 0 Å². The molecular formula is C13H23NO3. The van der Waals surface area contributed by atoms with Gasteiger partial charge in [0.2, 0.25) is 0 Å². The van der Waals surface area contributed by atoms with Gasteiger partial charge in [0.25, 0.3) is 0 Å². The van der Waals surface area contributed by atoms with Gasteiger partial charge in [-0.2, -0.15) is 0 Å². The van der Waals surface area contributed by atoms with Crippen LogP contribution in [0.2, 0.25) is 0 Å². The van der Waals surface area contributed by atoms with Gasteiger partial charge in [0.1, 0.15) is 0 Å². The van der Waals surface area contributed by atoms with E-state index in [2.05, 4.69) is 4.90 Å². The van der Waals surface area contributed by atoms with E-state index in [1.807, 2.05) is 0 Å². The van der Waals surface area contributed by atoms with E-state index in [9.17, 15) is 4.79 Å². The standard InChI is InChI=1S/C13H23NO3/c15-13(16)11-5-8-14(9-6-11)7-1-3-12-4-2-10-17-12/h11-12H,1-10H2,(H,15,16). The van der Waals surface area contributed by atoms with Crippen molar-refractivity contribution < 1.29 is 14.6 Å². The minimum atomic E-state index is -0.621. The molecule has 2 rings (SSSR count). The number of nitrogens with zero attached hydrogens (tertiary/aromatic N) is 1. The highest BCUT2D eigenvalue weighted by Gasteiger charge is 2.24. The first-order chi connectivity index (χ1) is 8.25. The smallest absolute Gasteiger partial charge is 0.306 e. The lowest BCUT2D eigenvalue weighted by molar-refractivity contribution is -0.143. The zero-order valence-electron chi connectivity index (χ0n) is 10.4. The van der Waals surface area contributed by atoms with Crippen LogP contribution in [-0.4, -0.2) is 48.3 Å². The molecule has 0 aliphatic carbocycles. The summed E-state index contributed by atoms with van der Waals surface area (Å²) >= 11 is 0. The molecule has 2 aliphatic heterocycles. The number of carbonyl (C=O) groups is 1. The van der Waals surface area contributed by atoms with E-state index >= 15 is 0 Å². The van der Waals surface area contributed by atoms with Crippen molar-refractivity contribution in [2.24, 2.45) is 5.92 Å². The van der Waals surface area contributed by atoms with E-state index in [0.29, 0.717) is 6.10 Å². The molecule has 0 aromatic heterocycles. The van der Waals surface area contributed by atoms with Gasteiger partial charge in [-0.3, -0.25) is 4.79 Å². The Labute approximate surface area is 103 Å². The molecule has 0 amide bonds. The van der Waals surface area contributed by atoms with E-state index in [4.69, 9.17) is 9.84 Å². The van der Waals surface area contributed by atoms with Crippen molar-refractivity contribution in [2.75, 3.05) is 26.2 Å². The maximum Gasteiger partial charge on any atom is 0.306 e. The van der Waals surface area contributed by atoms with Gasteiger partial charge in [-0.15, -0.1) is 0 Å². The highest BCUT2D eigenvalue weighted by atomic mass is 16.5. The van der Waals surface area contributed by atoms with E-state index in [1.165, 1.54) is 25.7 Å². The van der Waals surface area contributed by atoms with Crippen molar-refractivity contribution in [1.82, 2.24) is 4.90 Å². The molecule has 2 aliphatic rings. The third-order valence-electron chi connectivity index (χ3n) is 3.96. The van der Waals surface area contributed by atoms with Crippen LogP contribution in [0.5, 0.6) is 0 Å². The minimum Gasteiger partial charge on any atom is -0.481 e. The second-order valence-corrected chi connectivity index (χ2v) is 5.23. The van der Waals surface area contributed by atoms with Gasteiger partial charge in [0.15, 0.2) is 0 Å². The Balaban J connectivity index is 1.56. The molecule has 1 unspecified atom stereocenters. The molecular weight excluding hydrogens is 218 g/mol. The van der Waals surface area contributed by atoms with E-state index in [-0.39, 0.29) is 5.92 Å². The maximum atomic E-state index is 10.8. The number of rotatable bonds is 5. The van der Waals surface area contributed by atoms with Crippen LogP contribution >= 0.6 is 0 Å². The topological polar surface area (TPSA) is 49.8 Å². The number of carboxylic acids is 1. The average Bonchev–Trinajstić information content (AvgIpc) is 2.83. The molecule has 1 N–H and O–H groups in total. The van der Waals surface area contributed by atoms with Crippen LogP contribution in [-0.2, 0) is 9.53 Å². The fraction of sp³-hybridized carbons (Fsp3) is 0.923. The number of carboxylic acid groups (broad SMARTS) is 1. The summed E-state index contributed by atoms with van der Waals surface area (Å²) in [6.07, 6.45) is 6.91. The third kappa shape index (κ3) is 3.96. The molecule has 2 saturated heterocycles. The molecule has 2 heterocycles. The van der Waals surface area contributed by atoms with Crippen LogP contribution in [0.3, 0.4) is 0 Å². The quantitative estimate of drug-likeness (QED) is 0.796. The second-order valence-electron chi connectivity index (χ2n) is 5.23. The molecule has 98 valence electrons. The Morgan fingerprint density at radius 2 is 2.06 bits per heavy atom. The Morgan fingerprint density at radius 3 is 2.65 bits per heavy atom. The zero-order chi connectivity index (χ0) is 12.1. The van der Waals surface area contributed by atoms with Gasteiger partial charge in [-0.05, 0) is 58.2 Å². The molecule has 4 heteroatoms. The molecule has 0 saturated carbocycles. The Bertz CT molecular complexity index is 243. The molecule has 0 radical (unpaired) electrons. The Morgan fingerprint density at radius 1 is 1.29 bits per heavy atom. The normalized spacial score (nSPS) is 27.4. The predicted octanol–water partition coefficient (Wildman–Crippen LogP) is 1.74. The summed E-state index contributed by atoms with van der Waals surface area (Å²) in [5.74, 6) is -0.728. The summed E-state index contributed by atoms with van der Waals surface area (Å²) < 4.78 is 5.59. The van der Waals surface area contributed by atoms with Crippen molar-refractivity contribution in [3.05, 3.63) is 0 Å².